The smallest absolute Gasteiger partial charge is 0.251 e. The Morgan fingerprint density at radius 3 is 2.79 bits per heavy atom. The molecule has 1 N–H and O–H groups in total. The first-order valence-electron chi connectivity index (χ1n) is 10.1. The predicted molar refractivity (Wildman–Crippen MR) is 112 cm³/mol. The summed E-state index contributed by atoms with van der Waals surface area (Å²) in [4.78, 5) is 33.8. The molecule has 5 rings (SSSR count). The van der Waals surface area contributed by atoms with Gasteiger partial charge in [-0.2, -0.15) is 0 Å². The van der Waals surface area contributed by atoms with E-state index in [1.54, 1.807) is 6.07 Å². The number of aromatic nitrogens is 3. The average molecular weight is 388 g/mol. The van der Waals surface area contributed by atoms with E-state index in [0.29, 0.717) is 23.4 Å². The topological polar surface area (TPSA) is 71.0 Å². The molecule has 4 heterocycles. The minimum absolute atomic E-state index is 0.123. The number of rotatable bonds is 3. The zero-order chi connectivity index (χ0) is 20.0. The molecule has 6 heteroatoms. The van der Waals surface area contributed by atoms with Crippen LogP contribution in [0.2, 0.25) is 0 Å². The average Bonchev–Trinajstić information content (AvgIpc) is 2.68. The summed E-state index contributed by atoms with van der Waals surface area (Å²) < 4.78 is 1.97. The van der Waals surface area contributed by atoms with Crippen LogP contribution in [0.1, 0.15) is 29.3 Å². The van der Waals surface area contributed by atoms with Crippen LogP contribution < -0.4 is 11.1 Å². The molecule has 0 saturated carbocycles. The first kappa shape index (κ1) is 18.1. The lowest BCUT2D eigenvalue weighted by Gasteiger charge is -2.42. The number of nitrogens with one attached hydrogen (secondary N) is 1. The van der Waals surface area contributed by atoms with Crippen molar-refractivity contribution < 1.29 is 0 Å². The van der Waals surface area contributed by atoms with E-state index in [1.165, 1.54) is 17.3 Å². The van der Waals surface area contributed by atoms with Crippen molar-refractivity contribution in [2.24, 2.45) is 5.92 Å². The number of aromatic amines is 1. The molecule has 1 fully saturated rings. The van der Waals surface area contributed by atoms with Gasteiger partial charge in [0, 0.05) is 61.2 Å². The van der Waals surface area contributed by atoms with Crippen LogP contribution in [-0.2, 0) is 13.1 Å². The van der Waals surface area contributed by atoms with Crippen molar-refractivity contribution in [3.63, 3.8) is 0 Å². The second-order valence-electron chi connectivity index (χ2n) is 8.33. The normalized spacial score (nSPS) is 21.0. The summed E-state index contributed by atoms with van der Waals surface area (Å²) in [5.74, 6) is 1.54. The molecular formula is C23H24N4O2. The van der Waals surface area contributed by atoms with Crippen LogP contribution in [0.5, 0.6) is 0 Å². The summed E-state index contributed by atoms with van der Waals surface area (Å²) in [5.41, 5.74) is 4.02. The summed E-state index contributed by atoms with van der Waals surface area (Å²) in [7, 11) is 0. The summed E-state index contributed by atoms with van der Waals surface area (Å²) in [5, 5.41) is 0. The molecular weight excluding hydrogens is 364 g/mol. The number of fused-ring (bicyclic) bond motifs is 4. The number of benzene rings is 1. The first-order chi connectivity index (χ1) is 14.0. The molecule has 0 unspecified atom stereocenters. The van der Waals surface area contributed by atoms with Crippen molar-refractivity contribution >= 4 is 0 Å². The van der Waals surface area contributed by atoms with E-state index >= 15 is 0 Å². The Morgan fingerprint density at radius 2 is 1.93 bits per heavy atom. The van der Waals surface area contributed by atoms with Crippen molar-refractivity contribution in [3.05, 3.63) is 86.2 Å². The number of likely N-dealkylation sites (tertiary alicyclic amines) is 1. The van der Waals surface area contributed by atoms with Gasteiger partial charge in [0.05, 0.1) is 0 Å². The van der Waals surface area contributed by atoms with Crippen LogP contribution >= 0.6 is 0 Å². The van der Waals surface area contributed by atoms with Gasteiger partial charge >= 0.3 is 0 Å². The Labute approximate surface area is 168 Å². The fourth-order valence-corrected chi connectivity index (χ4v) is 4.92. The third kappa shape index (κ3) is 3.56. The maximum atomic E-state index is 12.2. The van der Waals surface area contributed by atoms with Crippen LogP contribution in [0.15, 0.2) is 58.1 Å². The fraction of sp³-hybridized carbons (Fsp3) is 0.348. The molecule has 3 aromatic rings. The van der Waals surface area contributed by atoms with Gasteiger partial charge in [0.2, 0.25) is 0 Å². The monoisotopic (exact) mass is 388 g/mol. The maximum Gasteiger partial charge on any atom is 0.251 e. The van der Waals surface area contributed by atoms with Gasteiger partial charge in [-0.1, -0.05) is 24.3 Å². The predicted octanol–water partition coefficient (Wildman–Crippen LogP) is 2.53. The number of hydrogen-bond donors (Lipinski definition) is 1. The van der Waals surface area contributed by atoms with Gasteiger partial charge in [-0.05, 0) is 37.0 Å². The standard InChI is InChI=1S/C23H24N4O2/c1-15-8-21(28)25-23(24-15)18-5-2-4-16(9-18)11-26-12-17-10-19(14-26)20-6-3-7-22(29)27(20)13-17/h2-9,17,19H,10-14H2,1H3,(H,24,25,28)/t17-,19+/m1/s1. The van der Waals surface area contributed by atoms with Crippen molar-refractivity contribution in [3.8, 4) is 11.4 Å². The van der Waals surface area contributed by atoms with E-state index in [1.807, 2.05) is 29.7 Å². The molecule has 0 radical (unpaired) electrons. The van der Waals surface area contributed by atoms with Crippen LogP contribution in [0.4, 0.5) is 0 Å². The molecule has 6 nitrogen and oxygen atoms in total. The zero-order valence-electron chi connectivity index (χ0n) is 16.5. The summed E-state index contributed by atoms with van der Waals surface area (Å²) in [6.45, 7) is 5.47. The highest BCUT2D eigenvalue weighted by atomic mass is 16.1. The Hall–Kier alpha value is -2.99. The summed E-state index contributed by atoms with van der Waals surface area (Å²) in [6.07, 6.45) is 1.16. The Morgan fingerprint density at radius 1 is 1.07 bits per heavy atom. The minimum atomic E-state index is -0.129. The van der Waals surface area contributed by atoms with E-state index in [4.69, 9.17) is 0 Å². The van der Waals surface area contributed by atoms with Crippen LogP contribution in [-0.4, -0.2) is 32.5 Å². The number of nitrogens with zero attached hydrogens (tertiary/aromatic N) is 3. The highest BCUT2D eigenvalue weighted by Gasteiger charge is 2.34. The third-order valence-electron chi connectivity index (χ3n) is 6.03. The molecule has 2 aliphatic rings. The molecule has 1 aromatic carbocycles. The number of H-pyrrole nitrogens is 1. The third-order valence-corrected chi connectivity index (χ3v) is 6.03. The van der Waals surface area contributed by atoms with Crippen molar-refractivity contribution in [1.82, 2.24) is 19.4 Å². The van der Waals surface area contributed by atoms with E-state index in [0.717, 1.165) is 38.2 Å². The molecule has 0 aliphatic carbocycles. The van der Waals surface area contributed by atoms with Crippen LogP contribution in [0.25, 0.3) is 11.4 Å². The number of pyridine rings is 1. The highest BCUT2D eigenvalue weighted by molar-refractivity contribution is 5.56. The lowest BCUT2D eigenvalue weighted by Crippen LogP contribution is -2.46. The second-order valence-corrected chi connectivity index (χ2v) is 8.33. The van der Waals surface area contributed by atoms with Crippen LogP contribution in [0, 0.1) is 12.8 Å². The Bertz CT molecular complexity index is 1180. The fourth-order valence-electron chi connectivity index (χ4n) is 4.92. The van der Waals surface area contributed by atoms with E-state index in [2.05, 4.69) is 33.1 Å². The van der Waals surface area contributed by atoms with Gasteiger partial charge < -0.3 is 9.55 Å². The van der Waals surface area contributed by atoms with E-state index in [-0.39, 0.29) is 11.1 Å². The Kier molecular flexibility index (Phi) is 4.43. The van der Waals surface area contributed by atoms with Crippen molar-refractivity contribution in [2.75, 3.05) is 13.1 Å². The minimum Gasteiger partial charge on any atom is -0.312 e. The second kappa shape index (κ2) is 7.12. The quantitative estimate of drug-likeness (QED) is 0.749. The maximum absolute atomic E-state index is 12.2. The summed E-state index contributed by atoms with van der Waals surface area (Å²) >= 11 is 0. The van der Waals surface area contributed by atoms with Crippen molar-refractivity contribution in [2.45, 2.75) is 32.4 Å². The van der Waals surface area contributed by atoms with Gasteiger partial charge in [-0.3, -0.25) is 14.5 Å². The SMILES string of the molecule is Cc1cc(=O)[nH]c(-c2cccc(CN3C[C@H]4C[C@@H](C3)c3cccc(=O)n3C4)c2)n1. The molecule has 29 heavy (non-hydrogen) atoms. The van der Waals surface area contributed by atoms with E-state index < -0.39 is 0 Å². The number of aryl methyl sites for hydroxylation is 1. The zero-order valence-corrected chi connectivity index (χ0v) is 16.5. The molecule has 0 spiro atoms. The summed E-state index contributed by atoms with van der Waals surface area (Å²) in [6, 6.07) is 15.4. The van der Waals surface area contributed by atoms with Gasteiger partial charge in [0.15, 0.2) is 0 Å². The van der Waals surface area contributed by atoms with Gasteiger partial charge in [0.25, 0.3) is 11.1 Å². The molecule has 2 aromatic heterocycles. The van der Waals surface area contributed by atoms with Gasteiger partial charge in [-0.15, -0.1) is 0 Å². The first-order valence-corrected chi connectivity index (χ1v) is 10.1. The van der Waals surface area contributed by atoms with Crippen molar-refractivity contribution in [1.29, 1.82) is 0 Å². The molecule has 0 amide bonds. The lowest BCUT2D eigenvalue weighted by molar-refractivity contribution is 0.114. The van der Waals surface area contributed by atoms with Crippen LogP contribution in [0.3, 0.4) is 0 Å². The molecule has 148 valence electrons. The number of hydrogen-bond acceptors (Lipinski definition) is 4. The lowest BCUT2D eigenvalue weighted by atomic mass is 9.83. The van der Waals surface area contributed by atoms with E-state index in [9.17, 15) is 9.59 Å². The van der Waals surface area contributed by atoms with Gasteiger partial charge in [-0.25, -0.2) is 4.98 Å². The molecule has 2 atom stereocenters. The largest absolute Gasteiger partial charge is 0.312 e. The van der Waals surface area contributed by atoms with Gasteiger partial charge in [0.1, 0.15) is 5.82 Å². The highest BCUT2D eigenvalue weighted by Crippen LogP contribution is 2.35. The molecule has 1 saturated heterocycles. The molecule has 2 aliphatic heterocycles. The number of piperidine rings is 1. The molecule has 2 bridgehead atoms. The Balaban J connectivity index is 1.38.